The highest BCUT2D eigenvalue weighted by Crippen LogP contribution is 2.13. The van der Waals surface area contributed by atoms with Crippen molar-refractivity contribution in [1.29, 1.82) is 0 Å². The monoisotopic (exact) mass is 254 g/mol. The van der Waals surface area contributed by atoms with Crippen molar-refractivity contribution in [3.63, 3.8) is 0 Å². The van der Waals surface area contributed by atoms with E-state index in [0.29, 0.717) is 13.0 Å². The number of hydrogen-bond acceptors (Lipinski definition) is 7. The SMILES string of the molecule is CC=CCCO[Si](OOC)(OOC)OOC. The number of hydrogen-bond donors (Lipinski definition) is 0. The summed E-state index contributed by atoms with van der Waals surface area (Å²) in [7, 11) is 0.356. The summed E-state index contributed by atoms with van der Waals surface area (Å²) in [5.74, 6) is 0. The summed E-state index contributed by atoms with van der Waals surface area (Å²) in [6.07, 6.45) is 4.50. The molecule has 0 saturated heterocycles. The highest BCUT2D eigenvalue weighted by molar-refractivity contribution is 6.52. The van der Waals surface area contributed by atoms with Gasteiger partial charge in [-0.05, 0) is 13.3 Å². The zero-order valence-corrected chi connectivity index (χ0v) is 10.9. The molecule has 0 N–H and O–H groups in total. The minimum atomic E-state index is -3.55. The van der Waals surface area contributed by atoms with E-state index in [1.807, 2.05) is 19.1 Å². The maximum absolute atomic E-state index is 5.30. The molecule has 0 atom stereocenters. The summed E-state index contributed by atoms with van der Waals surface area (Å²) in [5.41, 5.74) is 0. The molecule has 0 amide bonds. The van der Waals surface area contributed by atoms with Crippen LogP contribution in [0.3, 0.4) is 0 Å². The third-order valence-electron chi connectivity index (χ3n) is 1.36. The average molecular weight is 254 g/mol. The van der Waals surface area contributed by atoms with Gasteiger partial charge in [-0.3, -0.25) is 0 Å². The van der Waals surface area contributed by atoms with E-state index in [-0.39, 0.29) is 0 Å². The normalized spacial score (nSPS) is 12.5. The van der Waals surface area contributed by atoms with E-state index in [1.54, 1.807) is 0 Å². The Balaban J connectivity index is 4.22. The summed E-state index contributed by atoms with van der Waals surface area (Å²) >= 11 is 0. The van der Waals surface area contributed by atoms with Crippen LogP contribution in [0.25, 0.3) is 0 Å². The molecule has 0 aliphatic rings. The molecule has 0 fully saturated rings. The molecule has 0 spiro atoms. The number of allylic oxidation sites excluding steroid dienone is 1. The fourth-order valence-electron chi connectivity index (χ4n) is 0.839. The third kappa shape index (κ3) is 6.30. The van der Waals surface area contributed by atoms with Crippen molar-refractivity contribution >= 4 is 9.05 Å². The quantitative estimate of drug-likeness (QED) is 0.190. The molecular formula is C8H18O7Si. The summed E-state index contributed by atoms with van der Waals surface area (Å²) in [6, 6.07) is 0. The molecule has 0 bridgehead atoms. The van der Waals surface area contributed by atoms with Gasteiger partial charge in [-0.2, -0.15) is 13.7 Å². The summed E-state index contributed by atoms with van der Waals surface area (Å²) in [6.45, 7) is 2.24. The Hall–Kier alpha value is -0.323. The van der Waals surface area contributed by atoms with E-state index < -0.39 is 9.05 Å². The first-order chi connectivity index (χ1) is 7.74. The first-order valence-corrected chi connectivity index (χ1v) is 6.28. The van der Waals surface area contributed by atoms with Crippen molar-refractivity contribution < 1.29 is 32.8 Å². The van der Waals surface area contributed by atoms with Crippen molar-refractivity contribution in [3.05, 3.63) is 12.2 Å². The lowest BCUT2D eigenvalue weighted by molar-refractivity contribution is -0.370. The number of rotatable bonds is 10. The van der Waals surface area contributed by atoms with Gasteiger partial charge in [-0.1, -0.05) is 12.2 Å². The topological polar surface area (TPSA) is 64.6 Å². The Labute approximate surface area is 96.1 Å². The molecule has 7 nitrogen and oxygen atoms in total. The molecule has 0 heterocycles. The molecular weight excluding hydrogens is 236 g/mol. The lowest BCUT2D eigenvalue weighted by Crippen LogP contribution is -2.48. The molecule has 0 aliphatic carbocycles. The van der Waals surface area contributed by atoms with E-state index in [0.717, 1.165) is 0 Å². The third-order valence-corrected chi connectivity index (χ3v) is 3.03. The van der Waals surface area contributed by atoms with Crippen molar-refractivity contribution in [2.24, 2.45) is 0 Å². The Morgan fingerprint density at radius 2 is 1.44 bits per heavy atom. The molecule has 0 saturated carbocycles. The van der Waals surface area contributed by atoms with Crippen LogP contribution >= 0.6 is 0 Å². The van der Waals surface area contributed by atoms with Crippen molar-refractivity contribution in [1.82, 2.24) is 0 Å². The van der Waals surface area contributed by atoms with Gasteiger partial charge in [0, 0.05) is 6.61 Å². The van der Waals surface area contributed by atoms with Crippen molar-refractivity contribution in [2.75, 3.05) is 27.9 Å². The van der Waals surface area contributed by atoms with E-state index in [2.05, 4.69) is 14.7 Å². The van der Waals surface area contributed by atoms with Gasteiger partial charge in [-0.25, -0.2) is 14.7 Å². The second-order valence-corrected chi connectivity index (χ2v) is 4.24. The highest BCUT2D eigenvalue weighted by atomic mass is 28.4. The van der Waals surface area contributed by atoms with Crippen LogP contribution in [0.5, 0.6) is 0 Å². The summed E-state index contributed by atoms with van der Waals surface area (Å²) in [5, 5.41) is 0. The largest absolute Gasteiger partial charge is 0.764 e. The van der Waals surface area contributed by atoms with Gasteiger partial charge in [0.15, 0.2) is 0 Å². The van der Waals surface area contributed by atoms with Crippen LogP contribution in [0.4, 0.5) is 0 Å². The van der Waals surface area contributed by atoms with Crippen LogP contribution < -0.4 is 0 Å². The highest BCUT2D eigenvalue weighted by Gasteiger charge is 2.51. The maximum atomic E-state index is 5.30. The van der Waals surface area contributed by atoms with Crippen LogP contribution in [0, 0.1) is 0 Å². The summed E-state index contributed by atoms with van der Waals surface area (Å²) in [4.78, 5) is 13.4. The van der Waals surface area contributed by atoms with Crippen LogP contribution in [0.2, 0.25) is 0 Å². The van der Waals surface area contributed by atoms with Gasteiger partial charge in [-0.15, -0.1) is 0 Å². The molecule has 8 heteroatoms. The Morgan fingerprint density at radius 3 is 1.81 bits per heavy atom. The summed E-state index contributed by atoms with van der Waals surface area (Å²) < 4.78 is 19.7. The Bertz CT molecular complexity index is 170. The first-order valence-electron chi connectivity index (χ1n) is 4.65. The molecule has 0 aliphatic heterocycles. The van der Waals surface area contributed by atoms with E-state index >= 15 is 0 Å². The minimum absolute atomic E-state index is 0.326. The fraction of sp³-hybridized carbons (Fsp3) is 0.750. The predicted octanol–water partition coefficient (Wildman–Crippen LogP) is 1.14. The fourth-order valence-corrected chi connectivity index (χ4v) is 2.05. The molecule has 0 aromatic heterocycles. The smallest absolute Gasteiger partial charge is 0.347 e. The van der Waals surface area contributed by atoms with Gasteiger partial charge >= 0.3 is 9.05 Å². The van der Waals surface area contributed by atoms with Crippen molar-refractivity contribution in [3.8, 4) is 0 Å². The van der Waals surface area contributed by atoms with E-state index in [1.165, 1.54) is 21.3 Å². The predicted molar refractivity (Wildman–Crippen MR) is 55.4 cm³/mol. The molecule has 0 rings (SSSR count). The molecule has 96 valence electrons. The molecule has 0 radical (unpaired) electrons. The lowest BCUT2D eigenvalue weighted by Gasteiger charge is -2.21. The second-order valence-electron chi connectivity index (χ2n) is 2.46. The van der Waals surface area contributed by atoms with Crippen LogP contribution in [-0.2, 0) is 32.8 Å². The van der Waals surface area contributed by atoms with Crippen LogP contribution in [0.1, 0.15) is 13.3 Å². The van der Waals surface area contributed by atoms with Crippen LogP contribution in [-0.4, -0.2) is 37.0 Å². The lowest BCUT2D eigenvalue weighted by atomic mass is 10.4. The molecule has 0 unspecified atom stereocenters. The Kier molecular flexibility index (Phi) is 9.67. The zero-order valence-electron chi connectivity index (χ0n) is 9.93. The van der Waals surface area contributed by atoms with Crippen molar-refractivity contribution in [2.45, 2.75) is 13.3 Å². The molecule has 0 aromatic rings. The van der Waals surface area contributed by atoms with E-state index in [9.17, 15) is 0 Å². The average Bonchev–Trinajstić information content (AvgIpc) is 2.26. The van der Waals surface area contributed by atoms with Crippen LogP contribution in [0.15, 0.2) is 12.2 Å². The van der Waals surface area contributed by atoms with Gasteiger partial charge < -0.3 is 4.43 Å². The zero-order chi connectivity index (χ0) is 12.3. The second kappa shape index (κ2) is 9.87. The molecule has 16 heavy (non-hydrogen) atoms. The maximum Gasteiger partial charge on any atom is 0.764 e. The standard InChI is InChI=1S/C8H18O7Si/c1-5-6-7-8-12-16(13-9-2,14-10-3)15-11-4/h5-6H,7-8H2,1-4H3. The van der Waals surface area contributed by atoms with Gasteiger partial charge in [0.25, 0.3) is 0 Å². The van der Waals surface area contributed by atoms with E-state index in [4.69, 9.17) is 18.2 Å². The molecule has 0 aromatic carbocycles. The Morgan fingerprint density at radius 1 is 0.938 bits per heavy atom. The minimum Gasteiger partial charge on any atom is -0.347 e. The first kappa shape index (κ1) is 15.7. The van der Waals surface area contributed by atoms with Gasteiger partial charge in [0.1, 0.15) is 0 Å². The van der Waals surface area contributed by atoms with Gasteiger partial charge in [0.05, 0.1) is 21.3 Å². The van der Waals surface area contributed by atoms with Gasteiger partial charge in [0.2, 0.25) is 0 Å².